The molecule has 0 amide bonds. The van der Waals surface area contributed by atoms with Gasteiger partial charge >= 0.3 is 6.18 Å². The zero-order valence-electron chi connectivity index (χ0n) is 20.5. The van der Waals surface area contributed by atoms with E-state index in [0.29, 0.717) is 36.6 Å². The van der Waals surface area contributed by atoms with Crippen LogP contribution in [0.25, 0.3) is 16.8 Å². The molecule has 0 unspecified atom stereocenters. The smallest absolute Gasteiger partial charge is 0.349 e. The van der Waals surface area contributed by atoms with Crippen molar-refractivity contribution in [1.29, 1.82) is 5.26 Å². The zero-order valence-corrected chi connectivity index (χ0v) is 20.5. The quantitative estimate of drug-likeness (QED) is 0.375. The van der Waals surface area contributed by atoms with Crippen molar-refractivity contribution in [3.05, 3.63) is 35.9 Å². The Labute approximate surface area is 209 Å². The van der Waals surface area contributed by atoms with Crippen molar-refractivity contribution in [1.82, 2.24) is 39.6 Å². The normalized spacial score (nSPS) is 20.0. The van der Waals surface area contributed by atoms with Gasteiger partial charge in [-0.2, -0.15) is 28.4 Å². The Morgan fingerprint density at radius 1 is 1.11 bits per heavy atom. The summed E-state index contributed by atoms with van der Waals surface area (Å²) in [5.41, 5.74) is 1.56. The first-order valence-corrected chi connectivity index (χ1v) is 12.1. The van der Waals surface area contributed by atoms with Crippen molar-refractivity contribution < 1.29 is 17.7 Å². The van der Waals surface area contributed by atoms with Crippen molar-refractivity contribution in [2.75, 3.05) is 18.0 Å². The highest BCUT2D eigenvalue weighted by atomic mass is 19.4. The highest BCUT2D eigenvalue weighted by molar-refractivity contribution is 5.88. The van der Waals surface area contributed by atoms with Gasteiger partial charge in [0.15, 0.2) is 5.82 Å². The van der Waals surface area contributed by atoms with Gasteiger partial charge in [-0.1, -0.05) is 25.9 Å². The van der Waals surface area contributed by atoms with E-state index in [1.165, 1.54) is 0 Å². The molecule has 0 bridgehead atoms. The number of aromatic nitrogens is 7. The summed E-state index contributed by atoms with van der Waals surface area (Å²) in [4.78, 5) is 17.3. The predicted molar refractivity (Wildman–Crippen MR) is 125 cm³/mol. The molecule has 0 N–H and O–H groups in total. The van der Waals surface area contributed by atoms with Crippen molar-refractivity contribution >= 4 is 22.6 Å². The van der Waals surface area contributed by atoms with Crippen molar-refractivity contribution in [2.24, 2.45) is 0 Å². The number of nitriles is 1. The maximum absolute atomic E-state index is 13.1. The molecular weight excluding hydrogens is 489 g/mol. The lowest BCUT2D eigenvalue weighted by molar-refractivity contribution is -0.146. The van der Waals surface area contributed by atoms with Gasteiger partial charge in [0.2, 0.25) is 5.89 Å². The predicted octanol–water partition coefficient (Wildman–Crippen LogP) is 3.78. The fourth-order valence-corrected chi connectivity index (χ4v) is 5.06. The van der Waals surface area contributed by atoms with Crippen LogP contribution in [0.3, 0.4) is 0 Å². The molecule has 4 aromatic heterocycles. The third kappa shape index (κ3) is 4.33. The maximum Gasteiger partial charge on any atom is 0.455 e. The van der Waals surface area contributed by atoms with Gasteiger partial charge in [0, 0.05) is 25.2 Å². The minimum absolute atomic E-state index is 0.0367. The number of hydrogen-bond acceptors (Lipinski definition) is 10. The Balaban J connectivity index is 1.55. The molecule has 0 aliphatic carbocycles. The molecule has 4 aromatic rings. The number of nitrogens with zero attached hydrogens (tertiary/aromatic N) is 10. The van der Waals surface area contributed by atoms with Crippen LogP contribution in [-0.2, 0) is 6.18 Å². The zero-order chi connectivity index (χ0) is 26.3. The number of halogens is 3. The van der Waals surface area contributed by atoms with Crippen LogP contribution in [0.2, 0.25) is 0 Å². The molecular formula is C23H25F3N10O. The Morgan fingerprint density at radius 2 is 1.89 bits per heavy atom. The van der Waals surface area contributed by atoms with E-state index in [1.54, 1.807) is 22.9 Å². The van der Waals surface area contributed by atoms with Crippen LogP contribution in [0.1, 0.15) is 63.5 Å². The van der Waals surface area contributed by atoms with Crippen LogP contribution in [-0.4, -0.2) is 64.8 Å². The first kappa shape index (κ1) is 24.8. The molecule has 1 aliphatic heterocycles. The number of piperazine rings is 1. The van der Waals surface area contributed by atoms with E-state index < -0.39 is 18.0 Å². The minimum Gasteiger partial charge on any atom is -0.349 e. The van der Waals surface area contributed by atoms with Gasteiger partial charge in [-0.15, -0.1) is 10.2 Å². The molecule has 0 spiro atoms. The van der Waals surface area contributed by atoms with Gasteiger partial charge in [0.1, 0.15) is 23.6 Å². The lowest BCUT2D eigenvalue weighted by Gasteiger charge is -2.48. The average Bonchev–Trinajstić information content (AvgIpc) is 3.58. The van der Waals surface area contributed by atoms with Gasteiger partial charge in [0.05, 0.1) is 11.6 Å². The first-order valence-electron chi connectivity index (χ1n) is 12.1. The van der Waals surface area contributed by atoms with Gasteiger partial charge < -0.3 is 9.42 Å². The third-order valence-corrected chi connectivity index (χ3v) is 6.92. The van der Waals surface area contributed by atoms with Crippen LogP contribution in [0.5, 0.6) is 0 Å². The first-order chi connectivity index (χ1) is 17.8. The Bertz CT molecular complexity index is 1460. The van der Waals surface area contributed by atoms with E-state index in [9.17, 15) is 18.4 Å². The summed E-state index contributed by atoms with van der Waals surface area (Å²) in [6.45, 7) is 7.04. The summed E-state index contributed by atoms with van der Waals surface area (Å²) in [6, 6.07) is 4.98. The lowest BCUT2D eigenvalue weighted by Crippen LogP contribution is -2.59. The molecule has 5 heterocycles. The Hall–Kier alpha value is -3.86. The standard InChI is InChI=1S/C23H25F3N10O/c1-4-14-11-35(19-18-17(8-7-13(9-27)29-18)36-12-28-32-22(36)30-19)15(5-2)10-34(14)16(6-3)20-31-21(33-37-20)23(24,25)26/h7-8,12,14-16H,4-6,10-11H2,1-3H3/t14-,15+,16-/m1/s1. The second-order valence-electron chi connectivity index (χ2n) is 8.96. The summed E-state index contributed by atoms with van der Waals surface area (Å²) >= 11 is 0. The van der Waals surface area contributed by atoms with Crippen molar-refractivity contribution in [3.63, 3.8) is 0 Å². The van der Waals surface area contributed by atoms with Crippen molar-refractivity contribution in [3.8, 4) is 6.07 Å². The SMILES string of the molecule is CC[C@H]1CN([C@H](CC)c2nc(C(F)(F)F)no2)[C@H](CC)CN1c1nc2nncn2c2ccc(C#N)nc12. The summed E-state index contributed by atoms with van der Waals surface area (Å²) in [7, 11) is 0. The van der Waals surface area contributed by atoms with Crippen LogP contribution in [0.15, 0.2) is 23.0 Å². The summed E-state index contributed by atoms with van der Waals surface area (Å²) < 4.78 is 46.2. The molecule has 194 valence electrons. The van der Waals surface area contributed by atoms with E-state index >= 15 is 0 Å². The molecule has 5 rings (SSSR count). The molecule has 1 saturated heterocycles. The molecule has 37 heavy (non-hydrogen) atoms. The summed E-state index contributed by atoms with van der Waals surface area (Å²) in [6.07, 6.45) is -1.15. The fraction of sp³-hybridized carbons (Fsp3) is 0.522. The molecule has 14 heteroatoms. The monoisotopic (exact) mass is 514 g/mol. The van der Waals surface area contributed by atoms with Gasteiger partial charge in [0.25, 0.3) is 11.6 Å². The maximum atomic E-state index is 13.1. The Morgan fingerprint density at radius 3 is 2.54 bits per heavy atom. The number of hydrogen-bond donors (Lipinski definition) is 0. The van der Waals surface area contributed by atoms with E-state index in [4.69, 9.17) is 9.51 Å². The third-order valence-electron chi connectivity index (χ3n) is 6.92. The number of anilines is 1. The van der Waals surface area contributed by atoms with E-state index in [-0.39, 0.29) is 23.7 Å². The van der Waals surface area contributed by atoms with Gasteiger partial charge in [-0.3, -0.25) is 9.30 Å². The van der Waals surface area contributed by atoms with Gasteiger partial charge in [-0.05, 0) is 31.4 Å². The molecule has 1 fully saturated rings. The molecule has 1 aliphatic rings. The lowest BCUT2D eigenvalue weighted by atomic mass is 9.98. The van der Waals surface area contributed by atoms with E-state index in [2.05, 4.69) is 41.2 Å². The van der Waals surface area contributed by atoms with Crippen LogP contribution in [0, 0.1) is 11.3 Å². The summed E-state index contributed by atoms with van der Waals surface area (Å²) in [5, 5.41) is 20.7. The highest BCUT2D eigenvalue weighted by Crippen LogP contribution is 2.36. The van der Waals surface area contributed by atoms with Crippen LogP contribution in [0.4, 0.5) is 19.0 Å². The Kier molecular flexibility index (Phi) is 6.40. The van der Waals surface area contributed by atoms with Crippen molar-refractivity contribution in [2.45, 2.75) is 64.3 Å². The van der Waals surface area contributed by atoms with Gasteiger partial charge in [-0.25, -0.2) is 4.98 Å². The van der Waals surface area contributed by atoms with E-state index in [0.717, 1.165) is 18.4 Å². The molecule has 0 aromatic carbocycles. The largest absolute Gasteiger partial charge is 0.455 e. The van der Waals surface area contributed by atoms with E-state index in [1.807, 2.05) is 20.8 Å². The number of rotatable bonds is 6. The second kappa shape index (κ2) is 9.55. The number of fused-ring (bicyclic) bond motifs is 3. The second-order valence-corrected chi connectivity index (χ2v) is 8.96. The fourth-order valence-electron chi connectivity index (χ4n) is 5.06. The van der Waals surface area contributed by atoms with Crippen LogP contribution < -0.4 is 4.90 Å². The number of pyridine rings is 1. The molecule has 0 radical (unpaired) electrons. The molecule has 11 nitrogen and oxygen atoms in total. The average molecular weight is 515 g/mol. The topological polar surface area (TPSA) is 125 Å². The highest BCUT2D eigenvalue weighted by Gasteiger charge is 2.42. The number of alkyl halides is 3. The summed E-state index contributed by atoms with van der Waals surface area (Å²) in [5.74, 6) is -0.291. The van der Waals surface area contributed by atoms with Crippen LogP contribution >= 0.6 is 0 Å². The molecule has 0 saturated carbocycles. The minimum atomic E-state index is -4.67. The molecule has 3 atom stereocenters.